The van der Waals surface area contributed by atoms with Crippen LogP contribution in [0, 0.1) is 11.3 Å². The highest BCUT2D eigenvalue weighted by Crippen LogP contribution is 2.38. The first-order valence-corrected chi connectivity index (χ1v) is 7.87. The average molecular weight is 268 g/mol. The number of likely N-dealkylation sites (tertiary alicyclic amines) is 1. The lowest BCUT2D eigenvalue weighted by Crippen LogP contribution is -2.52. The second kappa shape index (κ2) is 5.71. The lowest BCUT2D eigenvalue weighted by atomic mass is 9.70. The number of nitrogens with two attached hydrogens (primary N) is 1. The molecule has 19 heavy (non-hydrogen) atoms. The van der Waals surface area contributed by atoms with Crippen LogP contribution in [0.25, 0.3) is 0 Å². The van der Waals surface area contributed by atoms with Gasteiger partial charge in [-0.2, -0.15) is 0 Å². The van der Waals surface area contributed by atoms with E-state index in [0.29, 0.717) is 17.4 Å². The van der Waals surface area contributed by atoms with Crippen molar-refractivity contribution in [3.05, 3.63) is 0 Å². The second-order valence-electron chi connectivity index (χ2n) is 7.82. The molecule has 0 bridgehead atoms. The normalized spacial score (nSPS) is 40.3. The zero-order valence-electron chi connectivity index (χ0n) is 13.2. The number of hydrogen-bond donors (Lipinski definition) is 1. The second-order valence-corrected chi connectivity index (χ2v) is 7.82. The van der Waals surface area contributed by atoms with Crippen molar-refractivity contribution < 1.29 is 4.74 Å². The quantitative estimate of drug-likeness (QED) is 0.855. The lowest BCUT2D eigenvalue weighted by Gasteiger charge is -2.45. The third kappa shape index (κ3) is 3.93. The van der Waals surface area contributed by atoms with Crippen molar-refractivity contribution in [1.82, 2.24) is 4.90 Å². The van der Waals surface area contributed by atoms with Crippen LogP contribution in [0.15, 0.2) is 0 Å². The number of nitrogens with zero attached hydrogens (tertiary/aromatic N) is 1. The summed E-state index contributed by atoms with van der Waals surface area (Å²) in [7, 11) is 1.85. The van der Waals surface area contributed by atoms with E-state index in [1.54, 1.807) is 0 Å². The minimum absolute atomic E-state index is 0.0481. The van der Waals surface area contributed by atoms with E-state index < -0.39 is 0 Å². The molecule has 0 radical (unpaired) electrons. The van der Waals surface area contributed by atoms with Crippen LogP contribution in [0.4, 0.5) is 0 Å². The van der Waals surface area contributed by atoms with E-state index in [4.69, 9.17) is 10.5 Å². The predicted molar refractivity (Wildman–Crippen MR) is 80.2 cm³/mol. The molecule has 3 atom stereocenters. The average Bonchev–Trinajstić information content (AvgIpc) is 2.34. The molecular formula is C16H32N2O. The molecule has 0 amide bonds. The van der Waals surface area contributed by atoms with Gasteiger partial charge in [0.25, 0.3) is 0 Å². The van der Waals surface area contributed by atoms with E-state index in [1.807, 2.05) is 7.11 Å². The Morgan fingerprint density at radius 2 is 2.00 bits per heavy atom. The number of rotatable bonds is 3. The van der Waals surface area contributed by atoms with Gasteiger partial charge in [-0.25, -0.2) is 0 Å². The van der Waals surface area contributed by atoms with Gasteiger partial charge < -0.3 is 15.4 Å². The number of hydrogen-bond acceptors (Lipinski definition) is 3. The van der Waals surface area contributed by atoms with E-state index in [-0.39, 0.29) is 5.60 Å². The smallest absolute Gasteiger partial charge is 0.0777 e. The molecule has 0 aromatic heterocycles. The lowest BCUT2D eigenvalue weighted by molar-refractivity contribution is -0.0569. The first kappa shape index (κ1) is 15.3. The molecule has 1 aliphatic carbocycles. The molecule has 0 aromatic rings. The van der Waals surface area contributed by atoms with Crippen molar-refractivity contribution in [2.45, 2.75) is 64.5 Å². The molecule has 112 valence electrons. The summed E-state index contributed by atoms with van der Waals surface area (Å²) in [5.41, 5.74) is 6.88. The number of methoxy groups -OCH3 is 1. The molecule has 1 heterocycles. The van der Waals surface area contributed by atoms with Gasteiger partial charge in [-0.3, -0.25) is 0 Å². The zero-order valence-corrected chi connectivity index (χ0v) is 13.2. The highest BCUT2D eigenvalue weighted by Gasteiger charge is 2.36. The summed E-state index contributed by atoms with van der Waals surface area (Å²) in [6, 6.07) is 0.392. The molecule has 3 heteroatoms. The van der Waals surface area contributed by atoms with Crippen molar-refractivity contribution in [2.75, 3.05) is 26.7 Å². The Kier molecular flexibility index (Phi) is 4.59. The fourth-order valence-electron chi connectivity index (χ4n) is 3.92. The maximum Gasteiger partial charge on any atom is 0.0777 e. The zero-order chi connectivity index (χ0) is 14.1. The molecule has 2 N–H and O–H groups in total. The van der Waals surface area contributed by atoms with Gasteiger partial charge in [0.15, 0.2) is 0 Å². The van der Waals surface area contributed by atoms with Gasteiger partial charge in [0, 0.05) is 26.2 Å². The molecule has 1 saturated heterocycles. The van der Waals surface area contributed by atoms with Crippen LogP contribution in [0.1, 0.15) is 52.9 Å². The number of ether oxygens (including phenoxy) is 1. The summed E-state index contributed by atoms with van der Waals surface area (Å²) in [5.74, 6) is 0.656. The summed E-state index contributed by atoms with van der Waals surface area (Å²) >= 11 is 0. The Bertz CT molecular complexity index is 305. The Labute approximate surface area is 118 Å². The summed E-state index contributed by atoms with van der Waals surface area (Å²) in [6.07, 6.45) is 6.17. The Balaban J connectivity index is 1.92. The summed E-state index contributed by atoms with van der Waals surface area (Å²) in [6.45, 7) is 10.5. The summed E-state index contributed by atoms with van der Waals surface area (Å²) in [4.78, 5) is 2.58. The minimum Gasteiger partial charge on any atom is -0.377 e. The van der Waals surface area contributed by atoms with E-state index in [2.05, 4.69) is 25.7 Å². The van der Waals surface area contributed by atoms with Crippen LogP contribution >= 0.6 is 0 Å². The molecule has 2 rings (SSSR count). The van der Waals surface area contributed by atoms with E-state index in [9.17, 15) is 0 Å². The molecule has 2 fully saturated rings. The van der Waals surface area contributed by atoms with Gasteiger partial charge in [0.2, 0.25) is 0 Å². The van der Waals surface area contributed by atoms with Crippen LogP contribution in [0.2, 0.25) is 0 Å². The van der Waals surface area contributed by atoms with Gasteiger partial charge in [0.1, 0.15) is 0 Å². The van der Waals surface area contributed by atoms with E-state index in [1.165, 1.54) is 38.6 Å². The standard InChI is InChI=1S/C16H32N2O/c1-15(2)8-6-14(17)13(10-15)11-18-9-5-7-16(3,12-18)19-4/h13-14H,5-12,17H2,1-4H3. The van der Waals surface area contributed by atoms with Crippen LogP contribution in [-0.4, -0.2) is 43.3 Å². The molecule has 3 unspecified atom stereocenters. The molecule has 3 nitrogen and oxygen atoms in total. The third-order valence-corrected chi connectivity index (χ3v) is 5.30. The van der Waals surface area contributed by atoms with Crippen molar-refractivity contribution in [3.8, 4) is 0 Å². The maximum absolute atomic E-state index is 6.36. The molecule has 1 aliphatic heterocycles. The third-order valence-electron chi connectivity index (χ3n) is 5.30. The fraction of sp³-hybridized carbons (Fsp3) is 1.00. The SMILES string of the molecule is COC1(C)CCCN(CC2CC(C)(C)CCC2N)C1. The van der Waals surface area contributed by atoms with Crippen molar-refractivity contribution in [2.24, 2.45) is 17.1 Å². The predicted octanol–water partition coefficient (Wildman–Crippen LogP) is 2.64. The number of piperidine rings is 1. The van der Waals surface area contributed by atoms with Gasteiger partial charge in [-0.15, -0.1) is 0 Å². The van der Waals surface area contributed by atoms with E-state index >= 15 is 0 Å². The van der Waals surface area contributed by atoms with Gasteiger partial charge >= 0.3 is 0 Å². The van der Waals surface area contributed by atoms with Crippen molar-refractivity contribution in [1.29, 1.82) is 0 Å². The monoisotopic (exact) mass is 268 g/mol. The van der Waals surface area contributed by atoms with Crippen LogP contribution in [0.5, 0.6) is 0 Å². The topological polar surface area (TPSA) is 38.5 Å². The Hall–Kier alpha value is -0.120. The minimum atomic E-state index is 0.0481. The largest absolute Gasteiger partial charge is 0.377 e. The molecule has 1 saturated carbocycles. The van der Waals surface area contributed by atoms with Crippen molar-refractivity contribution >= 4 is 0 Å². The summed E-state index contributed by atoms with van der Waals surface area (Å²) in [5, 5.41) is 0. The molecule has 2 aliphatic rings. The fourth-order valence-corrected chi connectivity index (χ4v) is 3.92. The van der Waals surface area contributed by atoms with Gasteiger partial charge in [0.05, 0.1) is 5.60 Å². The first-order valence-electron chi connectivity index (χ1n) is 7.87. The summed E-state index contributed by atoms with van der Waals surface area (Å²) < 4.78 is 5.69. The Morgan fingerprint density at radius 3 is 2.68 bits per heavy atom. The van der Waals surface area contributed by atoms with Gasteiger partial charge in [-0.1, -0.05) is 13.8 Å². The van der Waals surface area contributed by atoms with Gasteiger partial charge in [-0.05, 0) is 56.9 Å². The molecule has 0 aromatic carbocycles. The van der Waals surface area contributed by atoms with Crippen LogP contribution in [0.3, 0.4) is 0 Å². The highest BCUT2D eigenvalue weighted by molar-refractivity contribution is 4.91. The van der Waals surface area contributed by atoms with Crippen LogP contribution < -0.4 is 5.73 Å². The maximum atomic E-state index is 6.36. The van der Waals surface area contributed by atoms with E-state index in [0.717, 1.165) is 13.1 Å². The highest BCUT2D eigenvalue weighted by atomic mass is 16.5. The first-order chi connectivity index (χ1) is 8.84. The molecular weight excluding hydrogens is 236 g/mol. The molecule has 0 spiro atoms. The van der Waals surface area contributed by atoms with Crippen LogP contribution in [-0.2, 0) is 4.74 Å². The van der Waals surface area contributed by atoms with Crippen molar-refractivity contribution in [3.63, 3.8) is 0 Å². The Morgan fingerprint density at radius 1 is 1.26 bits per heavy atom.